The smallest absolute Gasteiger partial charge is 0.164 e. The maximum atomic E-state index is 13.4. The highest BCUT2D eigenvalue weighted by Crippen LogP contribution is 2.18. The van der Waals surface area contributed by atoms with Crippen molar-refractivity contribution in [3.63, 3.8) is 0 Å². The lowest BCUT2D eigenvalue weighted by molar-refractivity contribution is 0.478. The topological polar surface area (TPSA) is 28.2 Å². The van der Waals surface area contributed by atoms with Gasteiger partial charge in [0.1, 0.15) is 0 Å². The zero-order chi connectivity index (χ0) is 9.97. The van der Waals surface area contributed by atoms with E-state index in [0.29, 0.717) is 11.7 Å². The number of aromatic nitrogens is 1. The summed E-state index contributed by atoms with van der Waals surface area (Å²) < 4.78 is 13.4. The number of hydrogen-bond donors (Lipinski definition) is 1. The quantitative estimate of drug-likeness (QED) is 0.725. The first-order chi connectivity index (χ1) is 6.77. The van der Waals surface area contributed by atoms with E-state index in [1.807, 2.05) is 0 Å². The molecule has 1 aromatic heterocycles. The van der Waals surface area contributed by atoms with E-state index in [4.69, 9.17) is 0 Å². The number of anilines is 1. The van der Waals surface area contributed by atoms with Crippen LogP contribution < -0.4 is 10.2 Å². The minimum Gasteiger partial charge on any atom is -0.366 e. The van der Waals surface area contributed by atoms with Crippen LogP contribution >= 0.6 is 0 Å². The van der Waals surface area contributed by atoms with E-state index in [-0.39, 0.29) is 5.82 Å². The second kappa shape index (κ2) is 3.92. The molecular formula is C10H14FN3. The Morgan fingerprint density at radius 1 is 1.64 bits per heavy atom. The second-order valence-corrected chi connectivity index (χ2v) is 3.63. The van der Waals surface area contributed by atoms with Gasteiger partial charge >= 0.3 is 0 Å². The lowest BCUT2D eigenvalue weighted by Crippen LogP contribution is -2.49. The Hall–Kier alpha value is -1.16. The van der Waals surface area contributed by atoms with Gasteiger partial charge in [-0.3, -0.25) is 4.98 Å². The van der Waals surface area contributed by atoms with E-state index in [1.165, 1.54) is 6.20 Å². The lowest BCUT2D eigenvalue weighted by Gasteiger charge is -2.33. The van der Waals surface area contributed by atoms with Crippen LogP contribution in [0.5, 0.6) is 0 Å². The SMILES string of the molecule is C[C@@H]1CN(c2ccncc2F)CCN1. The van der Waals surface area contributed by atoms with Crippen molar-refractivity contribution in [3.8, 4) is 0 Å². The van der Waals surface area contributed by atoms with E-state index in [0.717, 1.165) is 19.6 Å². The van der Waals surface area contributed by atoms with Gasteiger partial charge in [-0.05, 0) is 13.0 Å². The third kappa shape index (κ3) is 1.85. The number of pyridine rings is 1. The molecule has 3 nitrogen and oxygen atoms in total. The average Bonchev–Trinajstić information content (AvgIpc) is 2.18. The van der Waals surface area contributed by atoms with Gasteiger partial charge in [-0.2, -0.15) is 0 Å². The standard InChI is InChI=1S/C10H14FN3/c1-8-7-14(5-4-13-8)10-2-3-12-6-9(10)11/h2-3,6,8,13H,4-5,7H2,1H3/t8-/m1/s1. The van der Waals surface area contributed by atoms with Crippen molar-refractivity contribution in [2.45, 2.75) is 13.0 Å². The molecule has 14 heavy (non-hydrogen) atoms. The molecule has 0 amide bonds. The number of rotatable bonds is 1. The summed E-state index contributed by atoms with van der Waals surface area (Å²) in [6.07, 6.45) is 2.90. The van der Waals surface area contributed by atoms with Gasteiger partial charge in [0, 0.05) is 31.9 Å². The molecule has 0 saturated carbocycles. The first-order valence-electron chi connectivity index (χ1n) is 4.85. The molecule has 1 aliphatic heterocycles. The van der Waals surface area contributed by atoms with E-state index >= 15 is 0 Å². The van der Waals surface area contributed by atoms with E-state index in [9.17, 15) is 4.39 Å². The summed E-state index contributed by atoms with van der Waals surface area (Å²) in [6.45, 7) is 4.71. The molecule has 2 rings (SSSR count). The lowest BCUT2D eigenvalue weighted by atomic mass is 10.2. The minimum atomic E-state index is -0.235. The summed E-state index contributed by atoms with van der Waals surface area (Å²) in [5.41, 5.74) is 0.661. The molecule has 0 spiro atoms. The van der Waals surface area contributed by atoms with Gasteiger partial charge in [-0.25, -0.2) is 4.39 Å². The van der Waals surface area contributed by atoms with Gasteiger partial charge in [-0.15, -0.1) is 0 Å². The third-order valence-electron chi connectivity index (χ3n) is 2.46. The van der Waals surface area contributed by atoms with Gasteiger partial charge in [-0.1, -0.05) is 0 Å². The van der Waals surface area contributed by atoms with Crippen molar-refractivity contribution in [2.24, 2.45) is 0 Å². The van der Waals surface area contributed by atoms with Crippen LogP contribution in [0.2, 0.25) is 0 Å². The van der Waals surface area contributed by atoms with Crippen LogP contribution in [0.25, 0.3) is 0 Å². The molecule has 2 heterocycles. The molecule has 4 heteroatoms. The van der Waals surface area contributed by atoms with Gasteiger partial charge in [0.05, 0.1) is 11.9 Å². The van der Waals surface area contributed by atoms with Crippen LogP contribution in [0.15, 0.2) is 18.5 Å². The van der Waals surface area contributed by atoms with Crippen LogP contribution in [-0.4, -0.2) is 30.7 Å². The van der Waals surface area contributed by atoms with Crippen LogP contribution in [0, 0.1) is 5.82 Å². The normalized spacial score (nSPS) is 22.4. The molecular weight excluding hydrogens is 181 g/mol. The number of halogens is 1. The fourth-order valence-electron chi connectivity index (χ4n) is 1.78. The van der Waals surface area contributed by atoms with Gasteiger partial charge < -0.3 is 10.2 Å². The zero-order valence-electron chi connectivity index (χ0n) is 8.20. The third-order valence-corrected chi connectivity index (χ3v) is 2.46. The molecule has 1 saturated heterocycles. The van der Waals surface area contributed by atoms with Crippen molar-refractivity contribution >= 4 is 5.69 Å². The predicted octanol–water partition coefficient (Wildman–Crippen LogP) is 1.02. The maximum absolute atomic E-state index is 13.4. The summed E-state index contributed by atoms with van der Waals surface area (Å²) >= 11 is 0. The fraction of sp³-hybridized carbons (Fsp3) is 0.500. The highest BCUT2D eigenvalue weighted by molar-refractivity contribution is 5.46. The molecule has 1 aliphatic rings. The predicted molar refractivity (Wildman–Crippen MR) is 53.9 cm³/mol. The first kappa shape index (κ1) is 9.40. The highest BCUT2D eigenvalue weighted by Gasteiger charge is 2.18. The molecule has 1 fully saturated rings. The molecule has 0 unspecified atom stereocenters. The Morgan fingerprint density at radius 2 is 2.50 bits per heavy atom. The molecule has 1 aromatic rings. The summed E-state index contributed by atoms with van der Waals surface area (Å²) in [5, 5.41) is 3.32. The number of nitrogens with one attached hydrogen (secondary N) is 1. The van der Waals surface area contributed by atoms with Crippen molar-refractivity contribution in [1.29, 1.82) is 0 Å². The van der Waals surface area contributed by atoms with Crippen LogP contribution in [0.3, 0.4) is 0 Å². The molecule has 76 valence electrons. The second-order valence-electron chi connectivity index (χ2n) is 3.63. The molecule has 0 radical (unpaired) electrons. The Morgan fingerprint density at radius 3 is 3.21 bits per heavy atom. The Labute approximate surface area is 82.9 Å². The largest absolute Gasteiger partial charge is 0.366 e. The highest BCUT2D eigenvalue weighted by atomic mass is 19.1. The number of nitrogens with zero attached hydrogens (tertiary/aromatic N) is 2. The molecule has 0 aromatic carbocycles. The minimum absolute atomic E-state index is 0.235. The van der Waals surface area contributed by atoms with Crippen LogP contribution in [-0.2, 0) is 0 Å². The number of hydrogen-bond acceptors (Lipinski definition) is 3. The zero-order valence-corrected chi connectivity index (χ0v) is 8.20. The molecule has 0 aliphatic carbocycles. The maximum Gasteiger partial charge on any atom is 0.164 e. The summed E-state index contributed by atoms with van der Waals surface area (Å²) in [5.74, 6) is -0.235. The van der Waals surface area contributed by atoms with Crippen molar-refractivity contribution in [2.75, 3.05) is 24.5 Å². The van der Waals surface area contributed by atoms with Crippen LogP contribution in [0.1, 0.15) is 6.92 Å². The van der Waals surface area contributed by atoms with E-state index in [1.54, 1.807) is 12.3 Å². The van der Waals surface area contributed by atoms with Crippen LogP contribution in [0.4, 0.5) is 10.1 Å². The van der Waals surface area contributed by atoms with Gasteiger partial charge in [0.15, 0.2) is 5.82 Å². The van der Waals surface area contributed by atoms with Crippen molar-refractivity contribution in [3.05, 3.63) is 24.3 Å². The van der Waals surface area contributed by atoms with Crippen molar-refractivity contribution in [1.82, 2.24) is 10.3 Å². The molecule has 0 bridgehead atoms. The fourth-order valence-corrected chi connectivity index (χ4v) is 1.78. The van der Waals surface area contributed by atoms with Gasteiger partial charge in [0.25, 0.3) is 0 Å². The Kier molecular flexibility index (Phi) is 2.63. The Balaban J connectivity index is 2.18. The van der Waals surface area contributed by atoms with E-state index in [2.05, 4.69) is 22.1 Å². The van der Waals surface area contributed by atoms with E-state index < -0.39 is 0 Å². The van der Waals surface area contributed by atoms with Gasteiger partial charge in [0.2, 0.25) is 0 Å². The summed E-state index contributed by atoms with van der Waals surface area (Å²) in [4.78, 5) is 5.80. The molecule has 1 N–H and O–H groups in total. The summed E-state index contributed by atoms with van der Waals surface area (Å²) in [7, 11) is 0. The molecule has 1 atom stereocenters. The Bertz CT molecular complexity index is 316. The first-order valence-corrected chi connectivity index (χ1v) is 4.85. The summed E-state index contributed by atoms with van der Waals surface area (Å²) in [6, 6.07) is 2.14. The van der Waals surface area contributed by atoms with Crippen molar-refractivity contribution < 1.29 is 4.39 Å². The monoisotopic (exact) mass is 195 g/mol. The number of piperazine rings is 1. The average molecular weight is 195 g/mol.